The van der Waals surface area contributed by atoms with Crippen molar-refractivity contribution in [3.8, 4) is 17.5 Å². The Morgan fingerprint density at radius 2 is 1.73 bits per heavy atom. The van der Waals surface area contributed by atoms with Gasteiger partial charge in [0.05, 0.1) is 22.7 Å². The number of fused-ring (bicyclic) bond motifs is 2. The van der Waals surface area contributed by atoms with Crippen LogP contribution in [0.15, 0.2) is 90.2 Å². The van der Waals surface area contributed by atoms with E-state index in [9.17, 15) is 4.79 Å². The Hall–Kier alpha value is -5.16. The van der Waals surface area contributed by atoms with Crippen LogP contribution in [0.3, 0.4) is 0 Å². The van der Waals surface area contributed by atoms with Crippen LogP contribution in [0, 0.1) is 18.8 Å². The number of aromatic nitrogens is 6. The van der Waals surface area contributed by atoms with Gasteiger partial charge in [0.1, 0.15) is 23.3 Å². The number of aryl methyl sites for hydroxylation is 1. The first kappa shape index (κ1) is 22.3. The summed E-state index contributed by atoms with van der Waals surface area (Å²) < 4.78 is 3.30. The maximum atomic E-state index is 13.7. The van der Waals surface area contributed by atoms with Gasteiger partial charge in [-0.1, -0.05) is 48.2 Å². The average molecular weight is 486 g/mol. The Bertz CT molecular complexity index is 1860. The van der Waals surface area contributed by atoms with Crippen LogP contribution in [0.1, 0.15) is 35.5 Å². The van der Waals surface area contributed by atoms with Crippen molar-refractivity contribution in [3.63, 3.8) is 0 Å². The second-order valence-corrected chi connectivity index (χ2v) is 8.76. The van der Waals surface area contributed by atoms with Gasteiger partial charge in [-0.05, 0) is 49.7 Å². The van der Waals surface area contributed by atoms with Gasteiger partial charge in [-0.2, -0.15) is 5.10 Å². The van der Waals surface area contributed by atoms with Crippen LogP contribution >= 0.6 is 0 Å². The largest absolute Gasteiger partial charge is 0.360 e. The molecule has 37 heavy (non-hydrogen) atoms. The molecule has 4 heterocycles. The summed E-state index contributed by atoms with van der Waals surface area (Å²) in [6.07, 6.45) is 5.14. The summed E-state index contributed by atoms with van der Waals surface area (Å²) in [6, 6.07) is 20.9. The molecule has 6 aromatic rings. The van der Waals surface area contributed by atoms with Crippen LogP contribution < -0.4 is 10.9 Å². The maximum Gasteiger partial charge on any atom is 0.282 e. The highest BCUT2D eigenvalue weighted by Crippen LogP contribution is 2.27. The van der Waals surface area contributed by atoms with Gasteiger partial charge >= 0.3 is 0 Å². The van der Waals surface area contributed by atoms with Gasteiger partial charge in [-0.3, -0.25) is 9.36 Å². The van der Waals surface area contributed by atoms with Crippen molar-refractivity contribution in [2.75, 3.05) is 5.32 Å². The molecule has 180 valence electrons. The number of hydrogen-bond acceptors (Lipinski definition) is 5. The fourth-order valence-corrected chi connectivity index (χ4v) is 4.44. The lowest BCUT2D eigenvalue weighted by Crippen LogP contribution is -2.29. The molecule has 0 aliphatic carbocycles. The van der Waals surface area contributed by atoms with Crippen molar-refractivity contribution >= 4 is 22.4 Å². The number of para-hydroxylation sites is 1. The number of anilines is 1. The van der Waals surface area contributed by atoms with Crippen LogP contribution in [0.2, 0.25) is 0 Å². The Balaban J connectivity index is 1.46. The lowest BCUT2D eigenvalue weighted by molar-refractivity contribution is 0.673. The standard InChI is InChI=1S/C29H23N7O/c1-19-15-16-35-25(19)29(37)36(23-11-7-4-8-12-23)28(34-35)20(2)33-27-24-22(17-30-26(24)31-18-32-27)14-13-21-9-5-3-6-10-21/h3-12,15-18,20H,1-2H3,(H2,30,31,32,33). The normalized spacial score (nSPS) is 11.8. The second kappa shape index (κ2) is 9.13. The Morgan fingerprint density at radius 1 is 0.973 bits per heavy atom. The zero-order valence-electron chi connectivity index (χ0n) is 20.3. The zero-order valence-corrected chi connectivity index (χ0v) is 20.3. The zero-order chi connectivity index (χ0) is 25.4. The summed E-state index contributed by atoms with van der Waals surface area (Å²) in [5.41, 5.74) is 4.41. The predicted molar refractivity (Wildman–Crippen MR) is 144 cm³/mol. The van der Waals surface area contributed by atoms with Crippen molar-refractivity contribution in [2.45, 2.75) is 19.9 Å². The van der Waals surface area contributed by atoms with Crippen molar-refractivity contribution in [3.05, 3.63) is 118 Å². The number of benzene rings is 2. The lowest BCUT2D eigenvalue weighted by Gasteiger charge is -2.20. The van der Waals surface area contributed by atoms with Gasteiger partial charge in [0.25, 0.3) is 5.56 Å². The number of rotatable bonds is 4. The number of aromatic amines is 1. The van der Waals surface area contributed by atoms with Gasteiger partial charge in [0.2, 0.25) is 0 Å². The quantitative estimate of drug-likeness (QED) is 0.355. The molecule has 0 aliphatic rings. The van der Waals surface area contributed by atoms with Gasteiger partial charge in [-0.25, -0.2) is 14.5 Å². The molecule has 0 amide bonds. The first-order chi connectivity index (χ1) is 18.1. The molecule has 0 saturated heterocycles. The van der Waals surface area contributed by atoms with Gasteiger partial charge in [0.15, 0.2) is 5.82 Å². The monoisotopic (exact) mass is 485 g/mol. The Kier molecular flexibility index (Phi) is 5.51. The van der Waals surface area contributed by atoms with E-state index in [2.05, 4.69) is 32.1 Å². The number of nitrogens with one attached hydrogen (secondary N) is 2. The van der Waals surface area contributed by atoms with Gasteiger partial charge in [0, 0.05) is 18.0 Å². The van der Waals surface area contributed by atoms with E-state index >= 15 is 0 Å². The predicted octanol–water partition coefficient (Wildman–Crippen LogP) is 4.64. The number of H-pyrrole nitrogens is 1. The minimum atomic E-state index is -0.372. The van der Waals surface area contributed by atoms with Gasteiger partial charge < -0.3 is 10.3 Å². The molecular weight excluding hydrogens is 462 g/mol. The molecule has 0 radical (unpaired) electrons. The molecule has 6 rings (SSSR count). The molecule has 8 nitrogen and oxygen atoms in total. The van der Waals surface area contributed by atoms with E-state index in [1.54, 1.807) is 9.08 Å². The molecule has 0 aliphatic heterocycles. The highest BCUT2D eigenvalue weighted by atomic mass is 16.1. The third-order valence-corrected chi connectivity index (χ3v) is 6.25. The highest BCUT2D eigenvalue weighted by Gasteiger charge is 2.21. The number of nitrogens with zero attached hydrogens (tertiary/aromatic N) is 5. The van der Waals surface area contributed by atoms with Gasteiger partial charge in [-0.15, -0.1) is 0 Å². The number of hydrogen-bond donors (Lipinski definition) is 2. The summed E-state index contributed by atoms with van der Waals surface area (Å²) in [7, 11) is 0. The van der Waals surface area contributed by atoms with E-state index in [-0.39, 0.29) is 11.6 Å². The van der Waals surface area contributed by atoms with E-state index in [1.807, 2.05) is 93.0 Å². The maximum absolute atomic E-state index is 13.7. The molecule has 1 atom stereocenters. The van der Waals surface area contributed by atoms with Crippen molar-refractivity contribution in [2.24, 2.45) is 0 Å². The van der Waals surface area contributed by atoms with Crippen LogP contribution in [-0.2, 0) is 0 Å². The first-order valence-corrected chi connectivity index (χ1v) is 11.9. The van der Waals surface area contributed by atoms with Crippen LogP contribution in [0.4, 0.5) is 5.82 Å². The molecular formula is C29H23N7O. The summed E-state index contributed by atoms with van der Waals surface area (Å²) in [6.45, 7) is 3.87. The molecule has 8 heteroatoms. The molecule has 1 unspecified atom stereocenters. The molecule has 2 N–H and O–H groups in total. The van der Waals surface area contributed by atoms with Crippen LogP contribution in [0.25, 0.3) is 22.2 Å². The second-order valence-electron chi connectivity index (χ2n) is 8.76. The fourth-order valence-electron chi connectivity index (χ4n) is 4.44. The topological polar surface area (TPSA) is 92.9 Å². The van der Waals surface area contributed by atoms with Crippen LogP contribution in [-0.4, -0.2) is 29.1 Å². The van der Waals surface area contributed by atoms with E-state index < -0.39 is 0 Å². The Morgan fingerprint density at radius 3 is 2.51 bits per heavy atom. The third-order valence-electron chi connectivity index (χ3n) is 6.25. The van der Waals surface area contributed by atoms with Crippen molar-refractivity contribution in [1.29, 1.82) is 0 Å². The SMILES string of the molecule is Cc1ccn2nc(C(C)Nc3ncnc4[nH]cc(C#Cc5ccccc5)c34)n(-c3ccccc3)c(=O)c12. The smallest absolute Gasteiger partial charge is 0.282 e. The van der Waals surface area contributed by atoms with E-state index in [1.165, 1.54) is 6.33 Å². The van der Waals surface area contributed by atoms with E-state index in [4.69, 9.17) is 5.10 Å². The lowest BCUT2D eigenvalue weighted by atomic mass is 10.2. The summed E-state index contributed by atoms with van der Waals surface area (Å²) in [5, 5.41) is 9.08. The minimum Gasteiger partial charge on any atom is -0.360 e. The minimum absolute atomic E-state index is 0.128. The molecule has 0 saturated carbocycles. The summed E-state index contributed by atoms with van der Waals surface area (Å²) in [4.78, 5) is 25.7. The van der Waals surface area contributed by atoms with E-state index in [0.717, 1.165) is 27.8 Å². The molecule has 0 bridgehead atoms. The fraction of sp³-hybridized carbons (Fsp3) is 0.103. The van der Waals surface area contributed by atoms with Crippen molar-refractivity contribution < 1.29 is 0 Å². The molecule has 2 aromatic carbocycles. The summed E-state index contributed by atoms with van der Waals surface area (Å²) in [5.74, 6) is 7.59. The molecule has 0 fully saturated rings. The first-order valence-electron chi connectivity index (χ1n) is 11.9. The molecule has 4 aromatic heterocycles. The average Bonchev–Trinajstić information content (AvgIpc) is 3.52. The summed E-state index contributed by atoms with van der Waals surface area (Å²) >= 11 is 0. The Labute approximate surface area is 212 Å². The molecule has 0 spiro atoms. The van der Waals surface area contributed by atoms with Crippen molar-refractivity contribution in [1.82, 2.24) is 29.1 Å². The third kappa shape index (κ3) is 4.02. The highest BCUT2D eigenvalue weighted by molar-refractivity contribution is 5.93. The van der Waals surface area contributed by atoms with E-state index in [0.29, 0.717) is 22.8 Å². The van der Waals surface area contributed by atoms with Crippen LogP contribution in [0.5, 0.6) is 0 Å².